The standard InChI is InChI=1S/C9H14N2O2/c10-9(13)7-3-4-11(7)5-8(12)6-1-2-6/h6-7H,1-5H2,(H2,10,13). The average molecular weight is 182 g/mol. The molecule has 1 aliphatic heterocycles. The first kappa shape index (κ1) is 8.69. The SMILES string of the molecule is NC(=O)C1CCN1CC(=O)C1CC1. The summed E-state index contributed by atoms with van der Waals surface area (Å²) < 4.78 is 0. The molecule has 4 nitrogen and oxygen atoms in total. The van der Waals surface area contributed by atoms with E-state index in [2.05, 4.69) is 0 Å². The fourth-order valence-electron chi connectivity index (χ4n) is 1.69. The van der Waals surface area contributed by atoms with Crippen LogP contribution in [0, 0.1) is 5.92 Å². The fraction of sp³-hybridized carbons (Fsp3) is 0.778. The van der Waals surface area contributed by atoms with Gasteiger partial charge in [-0.3, -0.25) is 14.5 Å². The molecule has 1 unspecified atom stereocenters. The lowest BCUT2D eigenvalue weighted by Crippen LogP contribution is -2.56. The number of likely N-dealkylation sites (tertiary alicyclic amines) is 1. The van der Waals surface area contributed by atoms with Gasteiger partial charge in [-0.25, -0.2) is 0 Å². The van der Waals surface area contributed by atoms with Gasteiger partial charge in [0.05, 0.1) is 12.6 Å². The van der Waals surface area contributed by atoms with E-state index in [4.69, 9.17) is 5.73 Å². The highest BCUT2D eigenvalue weighted by Gasteiger charge is 2.37. The van der Waals surface area contributed by atoms with Crippen molar-refractivity contribution in [2.24, 2.45) is 11.7 Å². The first-order valence-electron chi connectivity index (χ1n) is 4.74. The van der Waals surface area contributed by atoms with E-state index in [0.717, 1.165) is 25.8 Å². The molecule has 1 amide bonds. The smallest absolute Gasteiger partial charge is 0.234 e. The molecule has 1 heterocycles. The summed E-state index contributed by atoms with van der Waals surface area (Å²) in [4.78, 5) is 24.1. The molecule has 2 fully saturated rings. The molecule has 0 radical (unpaired) electrons. The molecular formula is C9H14N2O2. The quantitative estimate of drug-likeness (QED) is 0.639. The molecule has 13 heavy (non-hydrogen) atoms. The lowest BCUT2D eigenvalue weighted by Gasteiger charge is -2.38. The Balaban J connectivity index is 1.81. The molecule has 2 N–H and O–H groups in total. The summed E-state index contributed by atoms with van der Waals surface area (Å²) in [5.41, 5.74) is 5.16. The van der Waals surface area contributed by atoms with Gasteiger partial charge in [0.25, 0.3) is 0 Å². The summed E-state index contributed by atoms with van der Waals surface area (Å²) >= 11 is 0. The summed E-state index contributed by atoms with van der Waals surface area (Å²) in [5, 5.41) is 0. The zero-order valence-corrected chi connectivity index (χ0v) is 7.53. The maximum Gasteiger partial charge on any atom is 0.234 e. The van der Waals surface area contributed by atoms with Crippen LogP contribution in [0.5, 0.6) is 0 Å². The van der Waals surface area contributed by atoms with E-state index < -0.39 is 0 Å². The lowest BCUT2D eigenvalue weighted by molar-refractivity contribution is -0.131. The van der Waals surface area contributed by atoms with Gasteiger partial charge in [0.2, 0.25) is 5.91 Å². The molecule has 0 aromatic rings. The number of carbonyl (C=O) groups is 2. The Bertz CT molecular complexity index is 248. The topological polar surface area (TPSA) is 63.4 Å². The largest absolute Gasteiger partial charge is 0.368 e. The highest BCUT2D eigenvalue weighted by molar-refractivity contribution is 5.87. The third kappa shape index (κ3) is 1.72. The molecule has 0 aromatic carbocycles. The van der Waals surface area contributed by atoms with E-state index in [-0.39, 0.29) is 23.7 Å². The van der Waals surface area contributed by atoms with Crippen molar-refractivity contribution in [3.63, 3.8) is 0 Å². The Labute approximate surface area is 77.1 Å². The summed E-state index contributed by atoms with van der Waals surface area (Å²) in [7, 11) is 0. The van der Waals surface area contributed by atoms with E-state index in [1.807, 2.05) is 4.90 Å². The van der Waals surface area contributed by atoms with Crippen LogP contribution in [0.25, 0.3) is 0 Å². The van der Waals surface area contributed by atoms with Crippen LogP contribution in [-0.2, 0) is 9.59 Å². The van der Waals surface area contributed by atoms with Gasteiger partial charge in [-0.2, -0.15) is 0 Å². The van der Waals surface area contributed by atoms with Gasteiger partial charge < -0.3 is 5.73 Å². The highest BCUT2D eigenvalue weighted by Crippen LogP contribution is 2.31. The number of amides is 1. The minimum absolute atomic E-state index is 0.178. The van der Waals surface area contributed by atoms with E-state index in [1.165, 1.54) is 0 Å². The molecule has 2 aliphatic rings. The van der Waals surface area contributed by atoms with Crippen LogP contribution in [-0.4, -0.2) is 35.7 Å². The Morgan fingerprint density at radius 1 is 1.31 bits per heavy atom. The van der Waals surface area contributed by atoms with Crippen LogP contribution in [0.2, 0.25) is 0 Å². The predicted molar refractivity (Wildman–Crippen MR) is 46.9 cm³/mol. The Kier molecular flexibility index (Phi) is 2.07. The first-order chi connectivity index (χ1) is 6.18. The summed E-state index contributed by atoms with van der Waals surface area (Å²) in [5.74, 6) is 0.273. The minimum Gasteiger partial charge on any atom is -0.368 e. The van der Waals surface area contributed by atoms with E-state index in [1.54, 1.807) is 0 Å². The molecule has 1 saturated heterocycles. The van der Waals surface area contributed by atoms with Gasteiger partial charge in [-0.05, 0) is 19.3 Å². The molecule has 0 spiro atoms. The van der Waals surface area contributed by atoms with E-state index >= 15 is 0 Å². The van der Waals surface area contributed by atoms with Gasteiger partial charge in [0, 0.05) is 12.5 Å². The maximum atomic E-state index is 11.4. The number of carbonyl (C=O) groups excluding carboxylic acids is 2. The summed E-state index contributed by atoms with van der Waals surface area (Å²) in [6.07, 6.45) is 2.88. The van der Waals surface area contributed by atoms with Crippen molar-refractivity contribution in [3.8, 4) is 0 Å². The van der Waals surface area contributed by atoms with E-state index in [0.29, 0.717) is 6.54 Å². The van der Waals surface area contributed by atoms with Crippen molar-refractivity contribution in [3.05, 3.63) is 0 Å². The van der Waals surface area contributed by atoms with Crippen LogP contribution in [0.3, 0.4) is 0 Å². The summed E-state index contributed by atoms with van der Waals surface area (Å²) in [6.45, 7) is 1.27. The third-order valence-corrected chi connectivity index (χ3v) is 2.85. The van der Waals surface area contributed by atoms with Gasteiger partial charge >= 0.3 is 0 Å². The molecule has 0 bridgehead atoms. The zero-order valence-electron chi connectivity index (χ0n) is 7.53. The van der Waals surface area contributed by atoms with Crippen LogP contribution in [0.15, 0.2) is 0 Å². The first-order valence-corrected chi connectivity index (χ1v) is 4.74. The molecule has 1 saturated carbocycles. The Morgan fingerprint density at radius 3 is 2.38 bits per heavy atom. The number of ketones is 1. The fourth-order valence-corrected chi connectivity index (χ4v) is 1.69. The van der Waals surface area contributed by atoms with Crippen LogP contribution in [0.4, 0.5) is 0 Å². The Morgan fingerprint density at radius 2 is 2.00 bits per heavy atom. The third-order valence-electron chi connectivity index (χ3n) is 2.85. The van der Waals surface area contributed by atoms with Crippen molar-refractivity contribution in [1.29, 1.82) is 0 Å². The number of hydrogen-bond acceptors (Lipinski definition) is 3. The van der Waals surface area contributed by atoms with Crippen LogP contribution >= 0.6 is 0 Å². The molecular weight excluding hydrogens is 168 g/mol. The van der Waals surface area contributed by atoms with Gasteiger partial charge in [-0.15, -0.1) is 0 Å². The van der Waals surface area contributed by atoms with Gasteiger partial charge in [-0.1, -0.05) is 0 Å². The maximum absolute atomic E-state index is 11.4. The number of hydrogen-bond donors (Lipinski definition) is 1. The molecule has 72 valence electrons. The second-order valence-electron chi connectivity index (χ2n) is 3.92. The molecule has 4 heteroatoms. The Hall–Kier alpha value is -0.900. The molecule has 1 aliphatic carbocycles. The monoisotopic (exact) mass is 182 g/mol. The predicted octanol–water partition coefficient (Wildman–Crippen LogP) is -0.475. The molecule has 0 aromatic heterocycles. The second-order valence-corrected chi connectivity index (χ2v) is 3.92. The number of Topliss-reactive ketones (excluding diaryl/α,β-unsaturated/α-hetero) is 1. The van der Waals surface area contributed by atoms with Crippen molar-refractivity contribution >= 4 is 11.7 Å². The second kappa shape index (κ2) is 3.10. The highest BCUT2D eigenvalue weighted by atomic mass is 16.2. The van der Waals surface area contributed by atoms with Crippen molar-refractivity contribution < 1.29 is 9.59 Å². The summed E-state index contributed by atoms with van der Waals surface area (Å²) in [6, 6.07) is -0.178. The number of rotatable bonds is 4. The van der Waals surface area contributed by atoms with Crippen molar-refractivity contribution in [2.75, 3.05) is 13.1 Å². The zero-order chi connectivity index (χ0) is 9.42. The number of nitrogens with two attached hydrogens (primary N) is 1. The minimum atomic E-state index is -0.296. The molecule has 1 atom stereocenters. The van der Waals surface area contributed by atoms with Gasteiger partial charge in [0.15, 0.2) is 0 Å². The lowest BCUT2D eigenvalue weighted by atomic mass is 10.0. The number of nitrogens with zero attached hydrogens (tertiary/aromatic N) is 1. The normalized spacial score (nSPS) is 28.2. The molecule has 2 rings (SSSR count). The van der Waals surface area contributed by atoms with Crippen LogP contribution < -0.4 is 5.73 Å². The van der Waals surface area contributed by atoms with Gasteiger partial charge in [0.1, 0.15) is 5.78 Å². The van der Waals surface area contributed by atoms with Crippen LogP contribution in [0.1, 0.15) is 19.3 Å². The van der Waals surface area contributed by atoms with E-state index in [9.17, 15) is 9.59 Å². The number of primary amides is 1. The van der Waals surface area contributed by atoms with Crippen molar-refractivity contribution in [2.45, 2.75) is 25.3 Å². The van der Waals surface area contributed by atoms with Crippen molar-refractivity contribution in [1.82, 2.24) is 4.90 Å². The average Bonchev–Trinajstić information content (AvgIpc) is 2.77.